The fraction of sp³-hybridized carbons (Fsp3) is 0.538. The molecule has 0 radical (unpaired) electrons. The normalized spacial score (nSPS) is 28.1. The van der Waals surface area contributed by atoms with Gasteiger partial charge in [0.1, 0.15) is 11.5 Å². The standard InChI is InChI=1S/C13H11F6NO3/c1-20(2)7-3-4-8-9(5-7)23-11(22,13(17,18)19)6-10(8,21)12(14,15)16/h3-5H,6H2,1-2H3/q-2/t10-,11+/m1/s1. The van der Waals surface area contributed by atoms with Gasteiger partial charge in [0.15, 0.2) is 0 Å². The largest absolute Gasteiger partial charge is 0.839 e. The Labute approximate surface area is 126 Å². The molecule has 0 amide bonds. The third-order valence-electron chi connectivity index (χ3n) is 3.56. The van der Waals surface area contributed by atoms with Crippen molar-refractivity contribution in [3.8, 4) is 5.75 Å². The van der Waals surface area contributed by atoms with Crippen LogP contribution in [0, 0.1) is 0 Å². The van der Waals surface area contributed by atoms with Gasteiger partial charge in [-0.25, -0.2) is 0 Å². The number of halogens is 6. The average Bonchev–Trinajstić information content (AvgIpc) is 2.35. The molecule has 1 aliphatic rings. The molecule has 1 aromatic carbocycles. The Morgan fingerprint density at radius 1 is 1.04 bits per heavy atom. The number of alkyl halides is 6. The highest BCUT2D eigenvalue weighted by Crippen LogP contribution is 2.52. The van der Waals surface area contributed by atoms with Gasteiger partial charge in [-0.2, -0.15) is 26.3 Å². The van der Waals surface area contributed by atoms with E-state index in [4.69, 9.17) is 0 Å². The summed E-state index contributed by atoms with van der Waals surface area (Å²) in [5.74, 6) is -5.48. The van der Waals surface area contributed by atoms with Gasteiger partial charge in [0.25, 0.3) is 0 Å². The van der Waals surface area contributed by atoms with Crippen LogP contribution in [0.5, 0.6) is 5.75 Å². The van der Waals surface area contributed by atoms with Gasteiger partial charge in [-0.15, -0.1) is 0 Å². The van der Waals surface area contributed by atoms with E-state index < -0.39 is 41.5 Å². The smallest absolute Gasteiger partial charge is 0.413 e. The van der Waals surface area contributed by atoms with Crippen LogP contribution in [0.1, 0.15) is 12.0 Å². The van der Waals surface area contributed by atoms with Gasteiger partial charge in [-0.3, -0.25) is 0 Å². The van der Waals surface area contributed by atoms with Crippen LogP contribution in [0.15, 0.2) is 18.2 Å². The lowest BCUT2D eigenvalue weighted by molar-refractivity contribution is -0.640. The van der Waals surface area contributed by atoms with Gasteiger partial charge < -0.3 is 19.8 Å². The highest BCUT2D eigenvalue weighted by atomic mass is 19.4. The summed E-state index contributed by atoms with van der Waals surface area (Å²) in [4.78, 5) is 1.37. The maximum absolute atomic E-state index is 13.1. The SMILES string of the molecule is CN(C)c1ccc2c(c1)O[C@]([O-])(C(F)(F)F)C[C@]2([O-])C(F)(F)F. The summed E-state index contributed by atoms with van der Waals surface area (Å²) in [6.07, 6.45) is -13.6. The lowest BCUT2D eigenvalue weighted by atomic mass is 9.82. The zero-order valence-corrected chi connectivity index (χ0v) is 11.9. The minimum absolute atomic E-state index is 0.180. The summed E-state index contributed by atoms with van der Waals surface area (Å²) < 4.78 is 82.2. The minimum Gasteiger partial charge on any atom is -0.839 e. The molecular weight excluding hydrogens is 332 g/mol. The Kier molecular flexibility index (Phi) is 3.77. The van der Waals surface area contributed by atoms with Crippen molar-refractivity contribution in [2.75, 3.05) is 19.0 Å². The molecule has 4 nitrogen and oxygen atoms in total. The van der Waals surface area contributed by atoms with Crippen LogP contribution in [0.25, 0.3) is 0 Å². The summed E-state index contributed by atoms with van der Waals surface area (Å²) >= 11 is 0. The second-order valence-corrected chi connectivity index (χ2v) is 5.43. The fourth-order valence-corrected chi connectivity index (χ4v) is 2.25. The number of anilines is 1. The van der Waals surface area contributed by atoms with Gasteiger partial charge in [-0.05, 0) is 18.1 Å². The number of hydrogen-bond donors (Lipinski definition) is 0. The van der Waals surface area contributed by atoms with Crippen molar-refractivity contribution >= 4 is 5.69 Å². The molecule has 2 atom stereocenters. The number of fused-ring (bicyclic) bond motifs is 1. The monoisotopic (exact) mass is 343 g/mol. The lowest BCUT2D eigenvalue weighted by Gasteiger charge is -2.56. The Bertz CT molecular complexity index is 615. The molecule has 23 heavy (non-hydrogen) atoms. The van der Waals surface area contributed by atoms with Crippen LogP contribution >= 0.6 is 0 Å². The van der Waals surface area contributed by atoms with Crippen LogP contribution < -0.4 is 19.8 Å². The van der Waals surface area contributed by atoms with Crippen LogP contribution in [-0.2, 0) is 5.60 Å². The van der Waals surface area contributed by atoms with Crippen molar-refractivity contribution in [2.45, 2.75) is 30.2 Å². The molecule has 2 rings (SSSR count). The third-order valence-corrected chi connectivity index (χ3v) is 3.56. The van der Waals surface area contributed by atoms with E-state index in [0.717, 1.165) is 18.2 Å². The maximum Gasteiger partial charge on any atom is 0.413 e. The number of nitrogens with zero attached hydrogens (tertiary/aromatic N) is 1. The zero-order chi connectivity index (χ0) is 17.8. The Balaban J connectivity index is 2.69. The molecule has 1 aliphatic heterocycles. The Morgan fingerprint density at radius 3 is 2.04 bits per heavy atom. The van der Waals surface area contributed by atoms with E-state index >= 15 is 0 Å². The maximum atomic E-state index is 13.1. The minimum atomic E-state index is -5.68. The first kappa shape index (κ1) is 17.7. The lowest BCUT2D eigenvalue weighted by Crippen LogP contribution is -2.71. The quantitative estimate of drug-likeness (QED) is 0.721. The predicted octanol–water partition coefficient (Wildman–Crippen LogP) is 1.27. The van der Waals surface area contributed by atoms with E-state index in [2.05, 4.69) is 4.74 Å². The van der Waals surface area contributed by atoms with E-state index in [1.807, 2.05) is 0 Å². The van der Waals surface area contributed by atoms with E-state index in [-0.39, 0.29) is 5.69 Å². The molecule has 10 heteroatoms. The molecule has 0 bridgehead atoms. The van der Waals surface area contributed by atoms with Crippen LogP contribution in [0.4, 0.5) is 32.0 Å². The van der Waals surface area contributed by atoms with Crippen molar-refractivity contribution in [1.82, 2.24) is 0 Å². The molecule has 1 heterocycles. The first-order chi connectivity index (χ1) is 10.2. The van der Waals surface area contributed by atoms with E-state index in [1.54, 1.807) is 0 Å². The van der Waals surface area contributed by atoms with Crippen molar-refractivity contribution in [2.24, 2.45) is 0 Å². The van der Waals surface area contributed by atoms with Crippen LogP contribution in [-0.4, -0.2) is 32.2 Å². The molecule has 1 aromatic rings. The first-order valence-electron chi connectivity index (χ1n) is 6.26. The third kappa shape index (κ3) is 2.69. The van der Waals surface area contributed by atoms with Crippen LogP contribution in [0.2, 0.25) is 0 Å². The van der Waals surface area contributed by atoms with E-state index in [9.17, 15) is 36.6 Å². The van der Waals surface area contributed by atoms with Gasteiger partial charge in [0.05, 0.1) is 0 Å². The highest BCUT2D eigenvalue weighted by molar-refractivity contribution is 5.55. The summed E-state index contributed by atoms with van der Waals surface area (Å²) in [5.41, 5.74) is -5.06. The molecule has 0 aromatic heterocycles. The molecular formula is C13H11F6NO3-2. The van der Waals surface area contributed by atoms with Crippen molar-refractivity contribution in [3.63, 3.8) is 0 Å². The van der Waals surface area contributed by atoms with Crippen molar-refractivity contribution in [1.29, 1.82) is 0 Å². The second kappa shape index (κ2) is 4.91. The number of ether oxygens (including phenoxy) is 1. The second-order valence-electron chi connectivity index (χ2n) is 5.43. The molecule has 0 aliphatic carbocycles. The molecule has 0 unspecified atom stereocenters. The molecule has 130 valence electrons. The summed E-state index contributed by atoms with van der Waals surface area (Å²) in [6, 6.07) is 2.68. The number of benzene rings is 1. The molecule has 0 N–H and O–H groups in total. The summed E-state index contributed by atoms with van der Waals surface area (Å²) in [5, 5.41) is 24.0. The summed E-state index contributed by atoms with van der Waals surface area (Å²) in [7, 11) is 2.96. The number of hydrogen-bond acceptors (Lipinski definition) is 4. The van der Waals surface area contributed by atoms with Crippen LogP contribution in [0.3, 0.4) is 0 Å². The number of rotatable bonds is 1. The zero-order valence-electron chi connectivity index (χ0n) is 11.9. The molecule has 0 saturated carbocycles. The van der Waals surface area contributed by atoms with E-state index in [0.29, 0.717) is 0 Å². The predicted molar refractivity (Wildman–Crippen MR) is 62.5 cm³/mol. The van der Waals surface area contributed by atoms with Gasteiger partial charge in [0.2, 0.25) is 0 Å². The van der Waals surface area contributed by atoms with Gasteiger partial charge in [0, 0.05) is 31.5 Å². The molecule has 0 spiro atoms. The Morgan fingerprint density at radius 2 is 1.61 bits per heavy atom. The molecule has 0 saturated heterocycles. The fourth-order valence-electron chi connectivity index (χ4n) is 2.25. The molecule has 0 fully saturated rings. The Hall–Kier alpha value is -1.68. The van der Waals surface area contributed by atoms with Crippen molar-refractivity contribution < 1.29 is 41.3 Å². The summed E-state index contributed by atoms with van der Waals surface area (Å²) in [6.45, 7) is 0. The topological polar surface area (TPSA) is 58.6 Å². The van der Waals surface area contributed by atoms with Gasteiger partial charge in [-0.1, -0.05) is 6.07 Å². The highest BCUT2D eigenvalue weighted by Gasteiger charge is 2.60. The van der Waals surface area contributed by atoms with E-state index in [1.165, 1.54) is 19.0 Å². The van der Waals surface area contributed by atoms with Crippen molar-refractivity contribution in [3.05, 3.63) is 23.8 Å². The first-order valence-corrected chi connectivity index (χ1v) is 6.26. The van der Waals surface area contributed by atoms with Gasteiger partial charge >= 0.3 is 12.4 Å². The average molecular weight is 343 g/mol.